The van der Waals surface area contributed by atoms with E-state index in [0.29, 0.717) is 23.8 Å². The molecule has 0 bridgehead atoms. The molecule has 0 amide bonds. The Kier molecular flexibility index (Phi) is 3.91. The van der Waals surface area contributed by atoms with Gasteiger partial charge in [-0.1, -0.05) is 17.3 Å². The molecule has 6 heteroatoms. The monoisotopic (exact) mass is 298 g/mol. The molecule has 0 radical (unpaired) electrons. The van der Waals surface area contributed by atoms with Gasteiger partial charge in [0, 0.05) is 12.1 Å². The van der Waals surface area contributed by atoms with Crippen LogP contribution in [0.15, 0.2) is 34.9 Å². The molecular weight excluding hydrogens is 280 g/mol. The summed E-state index contributed by atoms with van der Waals surface area (Å²) in [6.45, 7) is 5.94. The van der Waals surface area contributed by atoms with E-state index in [1.54, 1.807) is 0 Å². The Morgan fingerprint density at radius 2 is 2.00 bits per heavy atom. The quantitative estimate of drug-likeness (QED) is 0.783. The van der Waals surface area contributed by atoms with Crippen LogP contribution in [0.25, 0.3) is 11.6 Å². The predicted molar refractivity (Wildman–Crippen MR) is 81.6 cm³/mol. The maximum atomic E-state index is 5.62. The van der Waals surface area contributed by atoms with E-state index in [2.05, 4.69) is 20.3 Å². The fraction of sp³-hybridized carbons (Fsp3) is 0.312. The zero-order chi connectivity index (χ0) is 15.5. The van der Waals surface area contributed by atoms with Crippen LogP contribution >= 0.6 is 0 Å². The molecule has 0 unspecified atom stereocenters. The lowest BCUT2D eigenvalue weighted by Crippen LogP contribution is -2.05. The van der Waals surface area contributed by atoms with Gasteiger partial charge < -0.3 is 9.26 Å². The van der Waals surface area contributed by atoms with Crippen molar-refractivity contribution in [2.24, 2.45) is 0 Å². The van der Waals surface area contributed by atoms with Gasteiger partial charge in [0.25, 0.3) is 5.89 Å². The Morgan fingerprint density at radius 3 is 2.64 bits per heavy atom. The van der Waals surface area contributed by atoms with E-state index in [1.165, 1.54) is 0 Å². The first-order valence-corrected chi connectivity index (χ1v) is 7.21. The van der Waals surface area contributed by atoms with Crippen LogP contribution in [0.1, 0.15) is 30.9 Å². The van der Waals surface area contributed by atoms with Crippen LogP contribution in [-0.4, -0.2) is 26.4 Å². The number of nitrogens with zero attached hydrogens (tertiary/aromatic N) is 3. The van der Waals surface area contributed by atoms with E-state index < -0.39 is 0 Å². The lowest BCUT2D eigenvalue weighted by atomic mass is 10.1. The SMILES string of the molecule is Cc1cc(-c2nc(Cc3ccc(OC(C)C)cc3)no2)n[nH]1. The van der Waals surface area contributed by atoms with Gasteiger partial charge in [0.05, 0.1) is 6.10 Å². The second kappa shape index (κ2) is 6.01. The molecule has 114 valence electrons. The molecule has 0 aliphatic rings. The summed E-state index contributed by atoms with van der Waals surface area (Å²) in [7, 11) is 0. The average molecular weight is 298 g/mol. The molecule has 0 fully saturated rings. The van der Waals surface area contributed by atoms with E-state index in [0.717, 1.165) is 17.0 Å². The van der Waals surface area contributed by atoms with E-state index in [1.807, 2.05) is 51.1 Å². The molecule has 1 aromatic carbocycles. The number of nitrogens with one attached hydrogen (secondary N) is 1. The summed E-state index contributed by atoms with van der Waals surface area (Å²) in [6.07, 6.45) is 0.775. The first kappa shape index (κ1) is 14.3. The third-order valence-corrected chi connectivity index (χ3v) is 3.05. The lowest BCUT2D eigenvalue weighted by molar-refractivity contribution is 0.242. The summed E-state index contributed by atoms with van der Waals surface area (Å²) in [5.74, 6) is 1.92. The van der Waals surface area contributed by atoms with Crippen molar-refractivity contribution < 1.29 is 9.26 Å². The van der Waals surface area contributed by atoms with E-state index >= 15 is 0 Å². The van der Waals surface area contributed by atoms with Gasteiger partial charge in [-0.05, 0) is 44.5 Å². The van der Waals surface area contributed by atoms with Gasteiger partial charge in [0.1, 0.15) is 5.75 Å². The third kappa shape index (κ3) is 3.33. The first-order chi connectivity index (χ1) is 10.6. The summed E-state index contributed by atoms with van der Waals surface area (Å²) in [6, 6.07) is 9.79. The number of H-pyrrole nitrogens is 1. The number of hydrogen-bond donors (Lipinski definition) is 1. The Morgan fingerprint density at radius 1 is 1.23 bits per heavy atom. The molecule has 2 heterocycles. The van der Waals surface area contributed by atoms with Crippen molar-refractivity contribution in [2.75, 3.05) is 0 Å². The minimum Gasteiger partial charge on any atom is -0.491 e. The van der Waals surface area contributed by atoms with Crippen molar-refractivity contribution in [3.8, 4) is 17.3 Å². The largest absolute Gasteiger partial charge is 0.491 e. The Balaban J connectivity index is 1.70. The summed E-state index contributed by atoms with van der Waals surface area (Å²) in [5, 5.41) is 11.0. The van der Waals surface area contributed by atoms with Crippen LogP contribution in [0.4, 0.5) is 0 Å². The predicted octanol–water partition coefficient (Wildman–Crippen LogP) is 3.15. The van der Waals surface area contributed by atoms with Gasteiger partial charge in [-0.25, -0.2) is 0 Å². The van der Waals surface area contributed by atoms with Crippen molar-refractivity contribution in [1.82, 2.24) is 20.3 Å². The highest BCUT2D eigenvalue weighted by Gasteiger charge is 2.12. The van der Waals surface area contributed by atoms with E-state index in [-0.39, 0.29) is 6.10 Å². The summed E-state index contributed by atoms with van der Waals surface area (Å²) in [5.41, 5.74) is 2.72. The Bertz CT molecular complexity index is 744. The highest BCUT2D eigenvalue weighted by atomic mass is 16.5. The molecule has 0 spiro atoms. The first-order valence-electron chi connectivity index (χ1n) is 7.21. The van der Waals surface area contributed by atoms with Gasteiger partial charge in [0.2, 0.25) is 0 Å². The second-order valence-corrected chi connectivity index (χ2v) is 5.44. The molecule has 0 saturated heterocycles. The van der Waals surface area contributed by atoms with Gasteiger partial charge in [0.15, 0.2) is 11.5 Å². The summed E-state index contributed by atoms with van der Waals surface area (Å²) < 4.78 is 10.9. The second-order valence-electron chi connectivity index (χ2n) is 5.44. The third-order valence-electron chi connectivity index (χ3n) is 3.05. The molecular formula is C16H18N4O2. The number of ether oxygens (including phenoxy) is 1. The molecule has 22 heavy (non-hydrogen) atoms. The van der Waals surface area contributed by atoms with Gasteiger partial charge in [-0.2, -0.15) is 10.1 Å². The zero-order valence-electron chi connectivity index (χ0n) is 12.8. The minimum absolute atomic E-state index is 0.169. The summed E-state index contributed by atoms with van der Waals surface area (Å²) in [4.78, 5) is 4.37. The lowest BCUT2D eigenvalue weighted by Gasteiger charge is -2.09. The highest BCUT2D eigenvalue weighted by Crippen LogP contribution is 2.18. The fourth-order valence-corrected chi connectivity index (χ4v) is 2.10. The normalized spacial score (nSPS) is 11.1. The molecule has 1 N–H and O–H groups in total. The molecule has 0 atom stereocenters. The van der Waals surface area contributed by atoms with Crippen LogP contribution in [0.2, 0.25) is 0 Å². The number of hydrogen-bond acceptors (Lipinski definition) is 5. The van der Waals surface area contributed by atoms with Crippen LogP contribution < -0.4 is 4.74 Å². The van der Waals surface area contributed by atoms with Gasteiger partial charge in [-0.15, -0.1) is 0 Å². The zero-order valence-corrected chi connectivity index (χ0v) is 12.8. The fourth-order valence-electron chi connectivity index (χ4n) is 2.10. The van der Waals surface area contributed by atoms with E-state index in [9.17, 15) is 0 Å². The number of aryl methyl sites for hydroxylation is 1. The van der Waals surface area contributed by atoms with Crippen molar-refractivity contribution in [2.45, 2.75) is 33.3 Å². The maximum Gasteiger partial charge on any atom is 0.278 e. The maximum absolute atomic E-state index is 5.62. The van der Waals surface area contributed by atoms with Crippen molar-refractivity contribution in [3.63, 3.8) is 0 Å². The van der Waals surface area contributed by atoms with E-state index in [4.69, 9.17) is 9.26 Å². The standard InChI is InChI=1S/C16H18N4O2/c1-10(2)21-13-6-4-12(5-7-13)9-15-17-16(22-20-15)14-8-11(3)18-19-14/h4-8,10H,9H2,1-3H3,(H,18,19). The highest BCUT2D eigenvalue weighted by molar-refractivity contribution is 5.46. The van der Waals surface area contributed by atoms with Crippen LogP contribution in [0, 0.1) is 6.92 Å². The molecule has 6 nitrogen and oxygen atoms in total. The molecule has 0 aliphatic carbocycles. The van der Waals surface area contributed by atoms with Gasteiger partial charge in [-0.3, -0.25) is 5.10 Å². The van der Waals surface area contributed by atoms with Crippen molar-refractivity contribution >= 4 is 0 Å². The van der Waals surface area contributed by atoms with Crippen LogP contribution in [0.3, 0.4) is 0 Å². The molecule has 3 aromatic rings. The topological polar surface area (TPSA) is 76.8 Å². The number of rotatable bonds is 5. The number of aromatic amines is 1. The Hall–Kier alpha value is -2.63. The van der Waals surface area contributed by atoms with Crippen molar-refractivity contribution in [3.05, 3.63) is 47.4 Å². The van der Waals surface area contributed by atoms with Gasteiger partial charge >= 0.3 is 0 Å². The molecule has 2 aromatic heterocycles. The van der Waals surface area contributed by atoms with Crippen molar-refractivity contribution in [1.29, 1.82) is 0 Å². The molecule has 0 saturated carbocycles. The van der Waals surface area contributed by atoms with Crippen LogP contribution in [0.5, 0.6) is 5.75 Å². The number of benzene rings is 1. The smallest absolute Gasteiger partial charge is 0.278 e. The average Bonchev–Trinajstić information content (AvgIpc) is 3.09. The summed E-state index contributed by atoms with van der Waals surface area (Å²) >= 11 is 0. The molecule has 3 rings (SSSR count). The number of aromatic nitrogens is 4. The van der Waals surface area contributed by atoms with Crippen LogP contribution in [-0.2, 0) is 6.42 Å². The molecule has 0 aliphatic heterocycles. The minimum atomic E-state index is 0.169. The Labute approximate surface area is 128 Å².